The molecule has 1 heterocycles. The van der Waals surface area contributed by atoms with Crippen molar-refractivity contribution < 1.29 is 13.9 Å². The molecular weight excluding hydrogens is 292 g/mol. The molecule has 0 N–H and O–H groups in total. The zero-order chi connectivity index (χ0) is 14.0. The van der Waals surface area contributed by atoms with E-state index in [0.717, 1.165) is 0 Å². The number of pyridine rings is 1. The van der Waals surface area contributed by atoms with E-state index < -0.39 is 5.82 Å². The van der Waals surface area contributed by atoms with E-state index in [-0.39, 0.29) is 21.4 Å². The molecule has 0 saturated carbocycles. The smallest absolute Gasteiger partial charge is 0.153 e. The number of hydrogen-bond donors (Lipinski definition) is 0. The first-order valence-corrected chi connectivity index (χ1v) is 5.97. The lowest BCUT2D eigenvalue weighted by molar-refractivity contribution is 0.112. The van der Waals surface area contributed by atoms with Gasteiger partial charge in [-0.3, -0.25) is 4.79 Å². The molecule has 0 spiro atoms. The highest BCUT2D eigenvalue weighted by Gasteiger charge is 2.15. The second-order valence-electron chi connectivity index (χ2n) is 3.66. The first kappa shape index (κ1) is 13.8. The Hall–Kier alpha value is -1.65. The quantitative estimate of drug-likeness (QED) is 0.635. The molecule has 0 aliphatic rings. The van der Waals surface area contributed by atoms with Crippen LogP contribution in [0.1, 0.15) is 10.4 Å². The van der Waals surface area contributed by atoms with Crippen molar-refractivity contribution in [3.05, 3.63) is 46.0 Å². The molecule has 1 aromatic carbocycles. The standard InChI is InChI=1S/C13H8Cl2FNO2/c1-19-7-2-3-8(11(16)4-7)9-5-12(14)17-13(15)10(9)6-18/h2-6H,1H3. The van der Waals surface area contributed by atoms with Crippen LogP contribution in [-0.2, 0) is 0 Å². The molecule has 2 aromatic rings. The molecule has 6 heteroatoms. The molecule has 0 fully saturated rings. The Labute approximate surface area is 118 Å². The molecule has 0 aliphatic carbocycles. The van der Waals surface area contributed by atoms with Crippen molar-refractivity contribution in [3.8, 4) is 16.9 Å². The predicted molar refractivity (Wildman–Crippen MR) is 71.6 cm³/mol. The Morgan fingerprint density at radius 1 is 1.26 bits per heavy atom. The second-order valence-corrected chi connectivity index (χ2v) is 4.41. The van der Waals surface area contributed by atoms with Crippen LogP contribution in [-0.4, -0.2) is 18.4 Å². The van der Waals surface area contributed by atoms with Gasteiger partial charge in [0.2, 0.25) is 0 Å². The average Bonchev–Trinajstić information content (AvgIpc) is 2.37. The van der Waals surface area contributed by atoms with Gasteiger partial charge in [0.1, 0.15) is 21.9 Å². The number of methoxy groups -OCH3 is 1. The number of carbonyl (C=O) groups excluding carboxylic acids is 1. The zero-order valence-electron chi connectivity index (χ0n) is 9.78. The predicted octanol–water partition coefficient (Wildman–Crippen LogP) is 4.02. The van der Waals surface area contributed by atoms with Gasteiger partial charge in [0.15, 0.2) is 6.29 Å². The highest BCUT2D eigenvalue weighted by Crippen LogP contribution is 2.32. The van der Waals surface area contributed by atoms with E-state index in [1.165, 1.54) is 25.3 Å². The maximum absolute atomic E-state index is 14.0. The Morgan fingerprint density at radius 3 is 2.58 bits per heavy atom. The summed E-state index contributed by atoms with van der Waals surface area (Å²) in [5.74, 6) is -0.166. The van der Waals surface area contributed by atoms with Gasteiger partial charge in [-0.25, -0.2) is 9.37 Å². The van der Waals surface area contributed by atoms with Gasteiger partial charge in [-0.1, -0.05) is 23.2 Å². The van der Waals surface area contributed by atoms with Crippen molar-refractivity contribution in [2.75, 3.05) is 7.11 Å². The third-order valence-electron chi connectivity index (χ3n) is 2.57. The van der Waals surface area contributed by atoms with Crippen LogP contribution in [0.2, 0.25) is 10.3 Å². The van der Waals surface area contributed by atoms with Gasteiger partial charge in [-0.15, -0.1) is 0 Å². The summed E-state index contributed by atoms with van der Waals surface area (Å²) in [6, 6.07) is 5.67. The number of nitrogens with zero attached hydrogens (tertiary/aromatic N) is 1. The molecule has 1 aromatic heterocycles. The number of rotatable bonds is 3. The summed E-state index contributed by atoms with van der Waals surface area (Å²) in [6.07, 6.45) is 0.519. The minimum atomic E-state index is -0.541. The fourth-order valence-electron chi connectivity index (χ4n) is 1.67. The van der Waals surface area contributed by atoms with E-state index in [1.807, 2.05) is 0 Å². The topological polar surface area (TPSA) is 39.2 Å². The maximum atomic E-state index is 14.0. The molecule has 0 radical (unpaired) electrons. The number of aromatic nitrogens is 1. The summed E-state index contributed by atoms with van der Waals surface area (Å²) in [6.45, 7) is 0. The van der Waals surface area contributed by atoms with Gasteiger partial charge in [-0.2, -0.15) is 0 Å². The highest BCUT2D eigenvalue weighted by atomic mass is 35.5. The number of benzene rings is 1. The second kappa shape index (κ2) is 5.55. The van der Waals surface area contributed by atoms with E-state index in [0.29, 0.717) is 17.6 Å². The molecule has 2 rings (SSSR count). The van der Waals surface area contributed by atoms with Crippen molar-refractivity contribution in [1.82, 2.24) is 4.98 Å². The summed E-state index contributed by atoms with van der Waals surface area (Å²) in [7, 11) is 1.44. The summed E-state index contributed by atoms with van der Waals surface area (Å²) in [5, 5.41) is 0.0218. The Kier molecular flexibility index (Phi) is 4.02. The van der Waals surface area contributed by atoms with Gasteiger partial charge in [0, 0.05) is 17.2 Å². The minimum Gasteiger partial charge on any atom is -0.497 e. The van der Waals surface area contributed by atoms with Crippen LogP contribution in [0.15, 0.2) is 24.3 Å². The Morgan fingerprint density at radius 2 is 2.00 bits per heavy atom. The van der Waals surface area contributed by atoms with Crippen LogP contribution >= 0.6 is 23.2 Å². The molecule has 0 bridgehead atoms. The zero-order valence-corrected chi connectivity index (χ0v) is 11.3. The summed E-state index contributed by atoms with van der Waals surface area (Å²) >= 11 is 11.6. The van der Waals surface area contributed by atoms with Gasteiger partial charge in [0.25, 0.3) is 0 Å². The number of hydrogen-bond acceptors (Lipinski definition) is 3. The molecule has 3 nitrogen and oxygen atoms in total. The fraction of sp³-hybridized carbons (Fsp3) is 0.0769. The average molecular weight is 300 g/mol. The van der Waals surface area contributed by atoms with Crippen LogP contribution < -0.4 is 4.74 Å². The number of ether oxygens (including phenoxy) is 1. The fourth-order valence-corrected chi connectivity index (χ4v) is 2.14. The number of halogens is 3. The van der Waals surface area contributed by atoms with Gasteiger partial charge in [0.05, 0.1) is 12.7 Å². The number of aldehydes is 1. The van der Waals surface area contributed by atoms with E-state index in [1.54, 1.807) is 6.07 Å². The monoisotopic (exact) mass is 299 g/mol. The van der Waals surface area contributed by atoms with Gasteiger partial charge in [-0.05, 0) is 18.2 Å². The summed E-state index contributed by atoms with van der Waals surface area (Å²) in [4.78, 5) is 14.8. The molecule has 0 atom stereocenters. The maximum Gasteiger partial charge on any atom is 0.153 e. The van der Waals surface area contributed by atoms with Gasteiger partial charge >= 0.3 is 0 Å². The molecule has 0 amide bonds. The molecule has 0 unspecified atom stereocenters. The van der Waals surface area contributed by atoms with Crippen molar-refractivity contribution in [1.29, 1.82) is 0 Å². The van der Waals surface area contributed by atoms with Crippen molar-refractivity contribution >= 4 is 29.5 Å². The van der Waals surface area contributed by atoms with Crippen LogP contribution in [0.4, 0.5) is 4.39 Å². The number of carbonyl (C=O) groups is 1. The lowest BCUT2D eigenvalue weighted by Gasteiger charge is -2.09. The Balaban J connectivity index is 2.67. The van der Waals surface area contributed by atoms with Crippen LogP contribution in [0, 0.1) is 5.82 Å². The molecule has 0 aliphatic heterocycles. The molecule has 98 valence electrons. The van der Waals surface area contributed by atoms with E-state index >= 15 is 0 Å². The lowest BCUT2D eigenvalue weighted by atomic mass is 10.0. The molecule has 19 heavy (non-hydrogen) atoms. The summed E-state index contributed by atoms with van der Waals surface area (Å²) in [5.41, 5.74) is 0.587. The lowest BCUT2D eigenvalue weighted by Crippen LogP contribution is -1.95. The van der Waals surface area contributed by atoms with Crippen molar-refractivity contribution in [3.63, 3.8) is 0 Å². The minimum absolute atomic E-state index is 0.0623. The highest BCUT2D eigenvalue weighted by molar-refractivity contribution is 6.34. The first-order chi connectivity index (χ1) is 9.06. The Bertz CT molecular complexity index is 647. The van der Waals surface area contributed by atoms with Crippen molar-refractivity contribution in [2.24, 2.45) is 0 Å². The normalized spacial score (nSPS) is 10.3. The van der Waals surface area contributed by atoms with Crippen LogP contribution in [0.3, 0.4) is 0 Å². The van der Waals surface area contributed by atoms with Crippen LogP contribution in [0.25, 0.3) is 11.1 Å². The largest absolute Gasteiger partial charge is 0.497 e. The molecule has 0 saturated heterocycles. The van der Waals surface area contributed by atoms with E-state index in [4.69, 9.17) is 27.9 Å². The first-order valence-electron chi connectivity index (χ1n) is 5.22. The van der Waals surface area contributed by atoms with Gasteiger partial charge < -0.3 is 4.74 Å². The van der Waals surface area contributed by atoms with Crippen LogP contribution in [0.5, 0.6) is 5.75 Å². The van der Waals surface area contributed by atoms with Crippen molar-refractivity contribution in [2.45, 2.75) is 0 Å². The SMILES string of the molecule is COc1ccc(-c2cc(Cl)nc(Cl)c2C=O)c(F)c1. The van der Waals surface area contributed by atoms with E-state index in [9.17, 15) is 9.18 Å². The third kappa shape index (κ3) is 2.69. The van der Waals surface area contributed by atoms with E-state index in [2.05, 4.69) is 4.98 Å². The summed E-state index contributed by atoms with van der Waals surface area (Å²) < 4.78 is 18.9. The molecular formula is C13H8Cl2FNO2. The third-order valence-corrected chi connectivity index (χ3v) is 3.05.